The molecule has 0 unspecified atom stereocenters. The molecular formula is C20H29N3OS. The van der Waals surface area contributed by atoms with Crippen LogP contribution in [0.2, 0.25) is 0 Å². The summed E-state index contributed by atoms with van der Waals surface area (Å²) >= 11 is 1.81. The van der Waals surface area contributed by atoms with Gasteiger partial charge in [-0.05, 0) is 55.8 Å². The predicted octanol–water partition coefficient (Wildman–Crippen LogP) is 3.83. The van der Waals surface area contributed by atoms with Crippen molar-refractivity contribution in [3.63, 3.8) is 0 Å². The Labute approximate surface area is 155 Å². The molecule has 0 amide bonds. The Kier molecular flexibility index (Phi) is 7.79. The minimum Gasteiger partial charge on any atom is -0.491 e. The fourth-order valence-corrected chi connectivity index (χ4v) is 3.25. The van der Waals surface area contributed by atoms with Gasteiger partial charge in [0.1, 0.15) is 5.75 Å². The van der Waals surface area contributed by atoms with Gasteiger partial charge >= 0.3 is 0 Å². The third-order valence-corrected chi connectivity index (χ3v) is 4.78. The van der Waals surface area contributed by atoms with E-state index < -0.39 is 0 Å². The Hall–Kier alpha value is -2.01. The van der Waals surface area contributed by atoms with Crippen LogP contribution >= 0.6 is 11.3 Å². The van der Waals surface area contributed by atoms with Gasteiger partial charge in [0.05, 0.1) is 6.10 Å². The molecule has 0 saturated carbocycles. The Balaban J connectivity index is 1.74. The van der Waals surface area contributed by atoms with E-state index in [2.05, 4.69) is 51.9 Å². The van der Waals surface area contributed by atoms with Crippen LogP contribution in [0.3, 0.4) is 0 Å². The van der Waals surface area contributed by atoms with Crippen LogP contribution in [-0.4, -0.2) is 44.1 Å². The van der Waals surface area contributed by atoms with Crippen molar-refractivity contribution in [3.8, 4) is 5.75 Å². The normalized spacial score (nSPS) is 11.6. The molecule has 2 aromatic rings. The molecule has 5 heteroatoms. The van der Waals surface area contributed by atoms with Crippen molar-refractivity contribution >= 4 is 17.3 Å². The van der Waals surface area contributed by atoms with Gasteiger partial charge in [-0.2, -0.15) is 0 Å². The Morgan fingerprint density at radius 2 is 1.96 bits per heavy atom. The fraction of sp³-hybridized carbons (Fsp3) is 0.450. The molecule has 0 bridgehead atoms. The van der Waals surface area contributed by atoms with Crippen molar-refractivity contribution in [2.24, 2.45) is 4.99 Å². The number of rotatable bonds is 8. The lowest BCUT2D eigenvalue weighted by molar-refractivity contribution is 0.242. The molecule has 0 aliphatic heterocycles. The van der Waals surface area contributed by atoms with Crippen LogP contribution in [0.15, 0.2) is 46.8 Å². The molecule has 0 radical (unpaired) electrons. The summed E-state index contributed by atoms with van der Waals surface area (Å²) in [5.41, 5.74) is 1.29. The Bertz CT molecular complexity index is 635. The molecule has 0 spiro atoms. The average Bonchev–Trinajstić information content (AvgIpc) is 3.11. The van der Waals surface area contributed by atoms with Gasteiger partial charge in [0.25, 0.3) is 0 Å². The zero-order chi connectivity index (χ0) is 18.1. The minimum atomic E-state index is 0.209. The highest BCUT2D eigenvalue weighted by molar-refractivity contribution is 7.09. The number of aliphatic imine (C=N–C) groups is 1. The van der Waals surface area contributed by atoms with Gasteiger partial charge in [-0.25, -0.2) is 0 Å². The highest BCUT2D eigenvalue weighted by atomic mass is 32.1. The summed E-state index contributed by atoms with van der Waals surface area (Å²) in [6.07, 6.45) is 2.21. The summed E-state index contributed by atoms with van der Waals surface area (Å²) in [6.45, 7) is 5.90. The molecule has 0 aliphatic rings. The zero-order valence-corrected chi connectivity index (χ0v) is 16.5. The van der Waals surface area contributed by atoms with Crippen LogP contribution in [0.4, 0.5) is 0 Å². The van der Waals surface area contributed by atoms with Crippen LogP contribution in [0.5, 0.6) is 5.75 Å². The zero-order valence-electron chi connectivity index (χ0n) is 15.7. The molecule has 0 aliphatic carbocycles. The van der Waals surface area contributed by atoms with E-state index in [-0.39, 0.29) is 6.10 Å². The standard InChI is InChI=1S/C20H29N3OS/c1-16(2)24-18-9-7-17(8-10-18)11-13-22-20(21-3)23(4)14-12-19-6-5-15-25-19/h5-10,15-16H,11-14H2,1-4H3,(H,21,22). The largest absolute Gasteiger partial charge is 0.491 e. The number of nitrogens with one attached hydrogen (secondary N) is 1. The second kappa shape index (κ2) is 10.1. The quantitative estimate of drug-likeness (QED) is 0.575. The van der Waals surface area contributed by atoms with E-state index in [0.717, 1.165) is 37.6 Å². The van der Waals surface area contributed by atoms with Crippen LogP contribution in [0.1, 0.15) is 24.3 Å². The topological polar surface area (TPSA) is 36.9 Å². The number of guanidine groups is 1. The predicted molar refractivity (Wildman–Crippen MR) is 108 cm³/mol. The van der Waals surface area contributed by atoms with Crippen molar-refractivity contribution < 1.29 is 4.74 Å². The summed E-state index contributed by atoms with van der Waals surface area (Å²) in [4.78, 5) is 7.97. The maximum Gasteiger partial charge on any atom is 0.193 e. The molecule has 136 valence electrons. The number of hydrogen-bond donors (Lipinski definition) is 1. The number of hydrogen-bond acceptors (Lipinski definition) is 3. The first kappa shape index (κ1) is 19.3. The fourth-order valence-electron chi connectivity index (χ4n) is 2.55. The second-order valence-electron chi connectivity index (χ2n) is 6.29. The van der Waals surface area contributed by atoms with E-state index in [0.29, 0.717) is 0 Å². The molecule has 1 heterocycles. The van der Waals surface area contributed by atoms with Crippen molar-refractivity contribution in [2.75, 3.05) is 27.2 Å². The summed E-state index contributed by atoms with van der Waals surface area (Å²) in [5.74, 6) is 1.87. The summed E-state index contributed by atoms with van der Waals surface area (Å²) in [5, 5.41) is 5.57. The lowest BCUT2D eigenvalue weighted by atomic mass is 10.1. The second-order valence-corrected chi connectivity index (χ2v) is 7.32. The van der Waals surface area contributed by atoms with E-state index in [1.165, 1.54) is 10.4 Å². The van der Waals surface area contributed by atoms with Gasteiger partial charge in [-0.3, -0.25) is 4.99 Å². The molecule has 0 atom stereocenters. The van der Waals surface area contributed by atoms with Crippen LogP contribution < -0.4 is 10.1 Å². The monoisotopic (exact) mass is 359 g/mol. The van der Waals surface area contributed by atoms with Crippen molar-refractivity contribution in [3.05, 3.63) is 52.2 Å². The van der Waals surface area contributed by atoms with E-state index >= 15 is 0 Å². The smallest absolute Gasteiger partial charge is 0.193 e. The SMILES string of the molecule is CN=C(NCCc1ccc(OC(C)C)cc1)N(C)CCc1cccs1. The molecule has 1 aromatic carbocycles. The maximum atomic E-state index is 5.68. The van der Waals surface area contributed by atoms with Crippen molar-refractivity contribution in [1.29, 1.82) is 0 Å². The molecule has 0 fully saturated rings. The Morgan fingerprint density at radius 1 is 1.20 bits per heavy atom. The molecule has 4 nitrogen and oxygen atoms in total. The summed E-state index contributed by atoms with van der Waals surface area (Å²) in [6, 6.07) is 12.6. The van der Waals surface area contributed by atoms with Crippen LogP contribution in [-0.2, 0) is 12.8 Å². The highest BCUT2D eigenvalue weighted by Crippen LogP contribution is 2.14. The maximum absolute atomic E-state index is 5.68. The molecule has 1 aromatic heterocycles. The van der Waals surface area contributed by atoms with E-state index in [4.69, 9.17) is 4.74 Å². The molecule has 0 saturated heterocycles. The number of nitrogens with zero attached hydrogens (tertiary/aromatic N) is 2. The Morgan fingerprint density at radius 3 is 2.56 bits per heavy atom. The van der Waals surface area contributed by atoms with Gasteiger partial charge in [0, 0.05) is 32.1 Å². The van der Waals surface area contributed by atoms with E-state index in [9.17, 15) is 0 Å². The summed E-state index contributed by atoms with van der Waals surface area (Å²) < 4.78 is 5.68. The first-order valence-corrected chi connectivity index (χ1v) is 9.66. The van der Waals surface area contributed by atoms with Crippen molar-refractivity contribution in [2.45, 2.75) is 32.8 Å². The number of likely N-dealkylation sites (N-methyl/N-ethyl adjacent to an activating group) is 1. The van der Waals surface area contributed by atoms with Gasteiger partial charge in [-0.1, -0.05) is 18.2 Å². The lowest BCUT2D eigenvalue weighted by Crippen LogP contribution is -2.40. The minimum absolute atomic E-state index is 0.209. The van der Waals surface area contributed by atoms with Gasteiger partial charge in [0.2, 0.25) is 0 Å². The number of thiophene rings is 1. The lowest BCUT2D eigenvalue weighted by Gasteiger charge is -2.22. The van der Waals surface area contributed by atoms with Gasteiger partial charge < -0.3 is 15.0 Å². The highest BCUT2D eigenvalue weighted by Gasteiger charge is 2.06. The van der Waals surface area contributed by atoms with Crippen LogP contribution in [0.25, 0.3) is 0 Å². The average molecular weight is 360 g/mol. The van der Waals surface area contributed by atoms with Crippen molar-refractivity contribution in [1.82, 2.24) is 10.2 Å². The molecule has 1 N–H and O–H groups in total. The molecular weight excluding hydrogens is 330 g/mol. The summed E-state index contributed by atoms with van der Waals surface area (Å²) in [7, 11) is 3.92. The third kappa shape index (κ3) is 6.78. The first-order valence-electron chi connectivity index (χ1n) is 8.78. The first-order chi connectivity index (χ1) is 12.1. The van der Waals surface area contributed by atoms with E-state index in [1.54, 1.807) is 11.3 Å². The van der Waals surface area contributed by atoms with E-state index in [1.807, 2.05) is 33.0 Å². The molecule has 25 heavy (non-hydrogen) atoms. The van der Waals surface area contributed by atoms with Crippen LogP contribution in [0, 0.1) is 0 Å². The molecule has 2 rings (SSSR count). The van der Waals surface area contributed by atoms with Gasteiger partial charge in [-0.15, -0.1) is 11.3 Å². The van der Waals surface area contributed by atoms with Gasteiger partial charge in [0.15, 0.2) is 5.96 Å². The third-order valence-electron chi connectivity index (χ3n) is 3.84. The number of ether oxygens (including phenoxy) is 1. The number of benzene rings is 1.